The highest BCUT2D eigenvalue weighted by atomic mass is 16.5. The van der Waals surface area contributed by atoms with Crippen LogP contribution >= 0.6 is 0 Å². The molecule has 1 unspecified atom stereocenters. The molecular formula is C32H52O2. The normalized spacial score (nSPS) is 52.4. The van der Waals surface area contributed by atoms with Crippen LogP contribution in [0.4, 0.5) is 0 Å². The minimum absolute atomic E-state index is 0.230. The van der Waals surface area contributed by atoms with Crippen LogP contribution in [-0.4, -0.2) is 22.9 Å². The van der Waals surface area contributed by atoms with Crippen molar-refractivity contribution in [2.75, 3.05) is 0 Å². The number of fused-ring (bicyclic) bond motifs is 2. The average Bonchev–Trinajstić information content (AvgIpc) is 3.09. The van der Waals surface area contributed by atoms with Gasteiger partial charge in [0.2, 0.25) is 0 Å². The van der Waals surface area contributed by atoms with Crippen LogP contribution in [0.15, 0.2) is 23.8 Å². The molecule has 0 aromatic rings. The predicted molar refractivity (Wildman–Crippen MR) is 141 cm³/mol. The Hall–Kier alpha value is -0.600. The van der Waals surface area contributed by atoms with Gasteiger partial charge in [0.1, 0.15) is 0 Å². The third-order valence-electron chi connectivity index (χ3n) is 12.9. The molecule has 0 amide bonds. The fourth-order valence-corrected chi connectivity index (χ4v) is 11.0. The molecule has 0 aromatic heterocycles. The van der Waals surface area contributed by atoms with Gasteiger partial charge in [-0.2, -0.15) is 0 Å². The third kappa shape index (κ3) is 2.88. The van der Waals surface area contributed by atoms with Crippen LogP contribution in [0.1, 0.15) is 107 Å². The van der Waals surface area contributed by atoms with Crippen molar-refractivity contribution < 1.29 is 9.84 Å². The first-order valence-electron chi connectivity index (χ1n) is 14.5. The van der Waals surface area contributed by atoms with Gasteiger partial charge in [0, 0.05) is 16.7 Å². The Kier molecular flexibility index (Phi) is 5.68. The van der Waals surface area contributed by atoms with Gasteiger partial charge in [0.25, 0.3) is 0 Å². The summed E-state index contributed by atoms with van der Waals surface area (Å²) in [6, 6.07) is 0. The molecule has 5 aliphatic rings. The van der Waals surface area contributed by atoms with Gasteiger partial charge in [-0.1, -0.05) is 65.3 Å². The number of ether oxygens (including phenoxy) is 1. The van der Waals surface area contributed by atoms with Crippen LogP contribution in [-0.2, 0) is 4.74 Å². The van der Waals surface area contributed by atoms with Crippen LogP contribution in [0.2, 0.25) is 0 Å². The van der Waals surface area contributed by atoms with Crippen LogP contribution in [0.5, 0.6) is 0 Å². The van der Waals surface area contributed by atoms with Crippen molar-refractivity contribution in [1.82, 2.24) is 0 Å². The molecule has 0 aromatic carbocycles. The lowest BCUT2D eigenvalue weighted by molar-refractivity contribution is -0.170. The fourth-order valence-electron chi connectivity index (χ4n) is 11.0. The fraction of sp³-hybridized carbons (Fsp3) is 0.875. The lowest BCUT2D eigenvalue weighted by Crippen LogP contribution is -2.65. The second-order valence-corrected chi connectivity index (χ2v) is 14.8. The van der Waals surface area contributed by atoms with Crippen molar-refractivity contribution in [3.05, 3.63) is 23.8 Å². The second-order valence-electron chi connectivity index (χ2n) is 14.8. The molecule has 1 heterocycles. The Balaban J connectivity index is 1.51. The first-order valence-corrected chi connectivity index (χ1v) is 14.5. The lowest BCUT2D eigenvalue weighted by atomic mass is 9.37. The zero-order chi connectivity index (χ0) is 24.9. The molecule has 3 saturated carbocycles. The van der Waals surface area contributed by atoms with Gasteiger partial charge in [-0.15, -0.1) is 0 Å². The van der Waals surface area contributed by atoms with Crippen molar-refractivity contribution in [2.45, 2.75) is 125 Å². The highest BCUT2D eigenvalue weighted by Crippen LogP contribution is 2.78. The number of hydrogen-bond donors (Lipinski definition) is 1. The zero-order valence-corrected chi connectivity index (χ0v) is 23.6. The molecule has 4 aliphatic carbocycles. The minimum atomic E-state index is -0.296. The SMILES string of the molecule is CC(C)=C[C@H](C)C[C@@H](C)[C@H]1CC[C@@]2(C)[C@@H]3C=C[C@@]45OC(C)[C@]3(CC[C@]12C)[C@@H]4CC[C@H](O)C5(C)C. The van der Waals surface area contributed by atoms with E-state index in [-0.39, 0.29) is 28.6 Å². The van der Waals surface area contributed by atoms with E-state index < -0.39 is 0 Å². The van der Waals surface area contributed by atoms with Crippen molar-refractivity contribution in [2.24, 2.45) is 51.2 Å². The van der Waals surface area contributed by atoms with Gasteiger partial charge in [0.05, 0.1) is 17.8 Å². The van der Waals surface area contributed by atoms with Crippen LogP contribution in [0.25, 0.3) is 0 Å². The molecule has 192 valence electrons. The Morgan fingerprint density at radius 2 is 1.74 bits per heavy atom. The first kappa shape index (κ1) is 25.1. The summed E-state index contributed by atoms with van der Waals surface area (Å²) in [5.74, 6) is 3.37. The zero-order valence-electron chi connectivity index (χ0n) is 23.6. The summed E-state index contributed by atoms with van der Waals surface area (Å²) < 4.78 is 7.06. The molecule has 4 fully saturated rings. The maximum atomic E-state index is 11.0. The standard InChI is InChI=1S/C32H52O2/c1-20(2)18-21(3)19-22(4)24-12-14-30(9)25-13-15-32-26(10-11-27(33)28(32,6)7)31(25,23(5)34-32)17-16-29(24,30)8/h13,15,18,21-27,33H,10-12,14,16-17,19H2,1-9H3/t21-,22+,23?,24+,25-,26-,27-,29+,30-,31-,32+/m0/s1. The van der Waals surface area contributed by atoms with Gasteiger partial charge in [-0.3, -0.25) is 0 Å². The Morgan fingerprint density at radius 1 is 1.03 bits per heavy atom. The van der Waals surface area contributed by atoms with Crippen LogP contribution < -0.4 is 0 Å². The summed E-state index contributed by atoms with van der Waals surface area (Å²) in [6.07, 6.45) is 16.3. The van der Waals surface area contributed by atoms with Crippen molar-refractivity contribution in [3.8, 4) is 0 Å². The summed E-state index contributed by atoms with van der Waals surface area (Å²) in [4.78, 5) is 0. The van der Waals surface area contributed by atoms with E-state index >= 15 is 0 Å². The molecule has 0 radical (unpaired) electrons. The number of aliphatic hydroxyl groups is 1. The Morgan fingerprint density at radius 3 is 2.41 bits per heavy atom. The van der Waals surface area contributed by atoms with Gasteiger partial charge in [-0.25, -0.2) is 0 Å². The summed E-state index contributed by atoms with van der Waals surface area (Å²) in [7, 11) is 0. The predicted octanol–water partition coefficient (Wildman–Crippen LogP) is 7.96. The molecule has 5 rings (SSSR count). The minimum Gasteiger partial charge on any atom is -0.392 e. The quantitative estimate of drug-likeness (QED) is 0.424. The van der Waals surface area contributed by atoms with E-state index in [4.69, 9.17) is 4.74 Å². The third-order valence-corrected chi connectivity index (χ3v) is 12.9. The van der Waals surface area contributed by atoms with Crippen LogP contribution in [0, 0.1) is 51.2 Å². The second kappa shape index (κ2) is 7.70. The molecule has 34 heavy (non-hydrogen) atoms. The van der Waals surface area contributed by atoms with Gasteiger partial charge in [-0.05, 0) is 100 Å². The highest BCUT2D eigenvalue weighted by Gasteiger charge is 2.77. The van der Waals surface area contributed by atoms with E-state index in [0.717, 1.165) is 24.7 Å². The van der Waals surface area contributed by atoms with Crippen molar-refractivity contribution in [1.29, 1.82) is 0 Å². The molecule has 1 N–H and O–H groups in total. The molecule has 1 saturated heterocycles. The van der Waals surface area contributed by atoms with E-state index in [0.29, 0.717) is 28.6 Å². The summed E-state index contributed by atoms with van der Waals surface area (Å²) >= 11 is 0. The number of allylic oxidation sites excluding steroid dienone is 3. The molecule has 2 nitrogen and oxygen atoms in total. The lowest BCUT2D eigenvalue weighted by Gasteiger charge is -2.65. The molecule has 2 bridgehead atoms. The molecule has 1 aliphatic heterocycles. The van der Waals surface area contributed by atoms with E-state index in [1.165, 1.54) is 37.7 Å². The summed E-state index contributed by atoms with van der Waals surface area (Å²) in [5, 5.41) is 11.0. The Labute approximate surface area is 210 Å². The van der Waals surface area contributed by atoms with Crippen molar-refractivity contribution in [3.63, 3.8) is 0 Å². The highest BCUT2D eigenvalue weighted by molar-refractivity contribution is 5.34. The van der Waals surface area contributed by atoms with Crippen LogP contribution in [0.3, 0.4) is 0 Å². The first-order chi connectivity index (χ1) is 15.8. The van der Waals surface area contributed by atoms with E-state index in [2.05, 4.69) is 80.5 Å². The Bertz CT molecular complexity index is 881. The molecule has 11 atom stereocenters. The molecule has 1 spiro atoms. The smallest absolute Gasteiger partial charge is 0.0976 e. The van der Waals surface area contributed by atoms with E-state index in [1.807, 2.05) is 0 Å². The van der Waals surface area contributed by atoms with Gasteiger partial charge >= 0.3 is 0 Å². The largest absolute Gasteiger partial charge is 0.392 e. The summed E-state index contributed by atoms with van der Waals surface area (Å²) in [6.45, 7) is 21.7. The van der Waals surface area contributed by atoms with Gasteiger partial charge < -0.3 is 9.84 Å². The summed E-state index contributed by atoms with van der Waals surface area (Å²) in [5.41, 5.74) is 1.88. The number of hydrogen-bond acceptors (Lipinski definition) is 2. The number of aliphatic hydroxyl groups excluding tert-OH is 1. The van der Waals surface area contributed by atoms with Gasteiger partial charge in [0.15, 0.2) is 0 Å². The molecular weight excluding hydrogens is 416 g/mol. The van der Waals surface area contributed by atoms with E-state index in [9.17, 15) is 5.11 Å². The monoisotopic (exact) mass is 468 g/mol. The topological polar surface area (TPSA) is 29.5 Å². The average molecular weight is 469 g/mol. The maximum absolute atomic E-state index is 11.0. The molecule has 2 heteroatoms. The van der Waals surface area contributed by atoms with E-state index in [1.54, 1.807) is 0 Å². The number of rotatable bonds is 4. The maximum Gasteiger partial charge on any atom is 0.0976 e. The van der Waals surface area contributed by atoms with Crippen molar-refractivity contribution >= 4 is 0 Å².